The van der Waals surface area contributed by atoms with Gasteiger partial charge in [-0.15, -0.1) is 0 Å². The number of aldehydes is 1. The Morgan fingerprint density at radius 3 is 2.27 bits per heavy atom. The second-order valence-corrected chi connectivity index (χ2v) is 4.20. The van der Waals surface area contributed by atoms with Crippen LogP contribution in [-0.2, 0) is 0 Å². The third kappa shape index (κ3) is 1.90. The lowest BCUT2D eigenvalue weighted by Crippen LogP contribution is -1.94. The van der Waals surface area contributed by atoms with Crippen molar-refractivity contribution in [1.29, 1.82) is 0 Å². The summed E-state index contributed by atoms with van der Waals surface area (Å²) in [7, 11) is 0. The Kier molecular flexibility index (Phi) is 3.23. The maximum Gasteiger partial charge on any atom is 0.154 e. The Hall–Kier alpha value is 0.280. The molecule has 0 spiro atoms. The highest BCUT2D eigenvalue weighted by Crippen LogP contribution is 2.18. The molecule has 0 atom stereocenters. The van der Waals surface area contributed by atoms with Gasteiger partial charge in [-0.1, -0.05) is 0 Å². The molecule has 0 radical (unpaired) electrons. The average Bonchev–Trinajstić information content (AvgIpc) is 1.99. The van der Waals surface area contributed by atoms with Crippen LogP contribution in [0.2, 0.25) is 0 Å². The van der Waals surface area contributed by atoms with Crippen molar-refractivity contribution in [3.8, 4) is 0 Å². The van der Waals surface area contributed by atoms with Crippen molar-refractivity contribution in [2.45, 2.75) is 0 Å². The molecule has 1 aromatic carbocycles. The van der Waals surface area contributed by atoms with Crippen LogP contribution in [0, 0.1) is 13.0 Å². The van der Waals surface area contributed by atoms with Crippen LogP contribution in [0.15, 0.2) is 12.1 Å². The fourth-order valence-electron chi connectivity index (χ4n) is 0.651. The van der Waals surface area contributed by atoms with E-state index in [1.165, 1.54) is 0 Å². The fourth-order valence-corrected chi connectivity index (χ4v) is 1.66. The van der Waals surface area contributed by atoms with E-state index in [1.807, 2.05) is 45.2 Å². The lowest BCUT2D eigenvalue weighted by Gasteiger charge is -1.99. The van der Waals surface area contributed by atoms with E-state index in [4.69, 9.17) is 0 Å². The first kappa shape index (κ1) is 9.37. The number of benzene rings is 1. The number of halogens is 3. The van der Waals surface area contributed by atoms with E-state index >= 15 is 0 Å². The monoisotopic (exact) mass is 376 g/mol. The molecule has 0 fully saturated rings. The summed E-state index contributed by atoms with van der Waals surface area (Å²) in [5.74, 6) is -0.424. The summed E-state index contributed by atoms with van der Waals surface area (Å²) < 4.78 is 14.1. The van der Waals surface area contributed by atoms with E-state index < -0.39 is 5.82 Å². The molecule has 0 saturated carbocycles. The summed E-state index contributed by atoms with van der Waals surface area (Å²) in [6.45, 7) is 0. The molecule has 1 rings (SSSR count). The molecule has 1 nitrogen and oxygen atoms in total. The Morgan fingerprint density at radius 1 is 1.27 bits per heavy atom. The molecule has 1 aromatic rings. The molecule has 0 unspecified atom stereocenters. The maximum absolute atomic E-state index is 13.0. The number of carbonyl (C=O) groups excluding carboxylic acids is 1. The van der Waals surface area contributed by atoms with E-state index in [0.717, 1.165) is 0 Å². The first-order chi connectivity index (χ1) is 5.16. The van der Waals surface area contributed by atoms with Crippen LogP contribution < -0.4 is 0 Å². The average molecular weight is 376 g/mol. The lowest BCUT2D eigenvalue weighted by atomic mass is 10.2. The van der Waals surface area contributed by atoms with Gasteiger partial charge in [0, 0.05) is 7.14 Å². The molecule has 0 heterocycles. The normalized spacial score (nSPS) is 9.73. The van der Waals surface area contributed by atoms with Gasteiger partial charge in [0.2, 0.25) is 0 Å². The summed E-state index contributed by atoms with van der Waals surface area (Å²) in [4.78, 5) is 10.4. The van der Waals surface area contributed by atoms with Crippen molar-refractivity contribution in [3.05, 3.63) is 30.7 Å². The third-order valence-corrected chi connectivity index (χ3v) is 2.97. The minimum Gasteiger partial charge on any atom is -0.298 e. The highest BCUT2D eigenvalue weighted by molar-refractivity contribution is 14.1. The molecule has 0 saturated heterocycles. The van der Waals surface area contributed by atoms with Gasteiger partial charge in [0.15, 0.2) is 6.29 Å². The van der Waals surface area contributed by atoms with Crippen molar-refractivity contribution in [2.75, 3.05) is 0 Å². The van der Waals surface area contributed by atoms with E-state index in [9.17, 15) is 9.18 Å². The van der Waals surface area contributed by atoms with E-state index in [0.29, 0.717) is 13.4 Å². The van der Waals surface area contributed by atoms with Gasteiger partial charge in [0.05, 0.1) is 5.56 Å². The van der Waals surface area contributed by atoms with Crippen LogP contribution in [0.1, 0.15) is 10.4 Å². The first-order valence-electron chi connectivity index (χ1n) is 2.75. The summed E-state index contributed by atoms with van der Waals surface area (Å²) >= 11 is 3.78. The molecule has 0 aliphatic carbocycles. The van der Waals surface area contributed by atoms with Crippen LogP contribution in [0.4, 0.5) is 4.39 Å². The topological polar surface area (TPSA) is 17.1 Å². The van der Waals surface area contributed by atoms with Gasteiger partial charge in [-0.2, -0.15) is 0 Å². The van der Waals surface area contributed by atoms with Crippen LogP contribution in [-0.4, -0.2) is 6.29 Å². The van der Waals surface area contributed by atoms with Gasteiger partial charge in [0.1, 0.15) is 5.82 Å². The Morgan fingerprint density at radius 2 is 1.82 bits per heavy atom. The van der Waals surface area contributed by atoms with Crippen LogP contribution in [0.3, 0.4) is 0 Å². The minimum absolute atomic E-state index is 0.150. The molecule has 0 aromatic heterocycles. The summed E-state index contributed by atoms with van der Waals surface area (Å²) in [6.07, 6.45) is 0.541. The molecule has 4 heteroatoms. The summed E-state index contributed by atoms with van der Waals surface area (Å²) in [6, 6.07) is 3.36. The summed E-state index contributed by atoms with van der Waals surface area (Å²) in [5.41, 5.74) is 0.150. The van der Waals surface area contributed by atoms with Crippen LogP contribution in [0.5, 0.6) is 0 Å². The number of rotatable bonds is 1. The minimum atomic E-state index is -0.424. The first-order valence-corrected chi connectivity index (χ1v) is 4.91. The van der Waals surface area contributed by atoms with Gasteiger partial charge in [-0.05, 0) is 57.3 Å². The molecular weight excluding hydrogens is 373 g/mol. The smallest absolute Gasteiger partial charge is 0.154 e. The molecule has 58 valence electrons. The zero-order chi connectivity index (χ0) is 8.43. The molecular formula is C7H3FI2O. The molecule has 11 heavy (non-hydrogen) atoms. The highest BCUT2D eigenvalue weighted by atomic mass is 127. The maximum atomic E-state index is 13.0. The predicted molar refractivity (Wildman–Crippen MR) is 57.2 cm³/mol. The van der Waals surface area contributed by atoms with Crippen molar-refractivity contribution >= 4 is 51.5 Å². The third-order valence-electron chi connectivity index (χ3n) is 1.20. The Bertz CT molecular complexity index is 299. The number of hydrogen-bond donors (Lipinski definition) is 0. The molecule has 0 aliphatic rings. The fraction of sp³-hybridized carbons (Fsp3) is 0. The van der Waals surface area contributed by atoms with Crippen molar-refractivity contribution in [2.24, 2.45) is 0 Å². The number of hydrogen-bond acceptors (Lipinski definition) is 1. The van der Waals surface area contributed by atoms with Crippen molar-refractivity contribution in [1.82, 2.24) is 0 Å². The molecule has 0 bridgehead atoms. The highest BCUT2D eigenvalue weighted by Gasteiger charge is 2.08. The van der Waals surface area contributed by atoms with Crippen LogP contribution in [0.25, 0.3) is 0 Å². The standard InChI is InChI=1S/C7H3FI2O/c8-7-4(3-11)5(9)1-2-6(7)10/h1-3H. The Balaban J connectivity index is 3.40. The van der Waals surface area contributed by atoms with Gasteiger partial charge >= 0.3 is 0 Å². The molecule has 0 N–H and O–H groups in total. The quantitative estimate of drug-likeness (QED) is 0.419. The lowest BCUT2D eigenvalue weighted by molar-refractivity contribution is 0.111. The van der Waals surface area contributed by atoms with Gasteiger partial charge in [-0.25, -0.2) is 4.39 Å². The van der Waals surface area contributed by atoms with Crippen LogP contribution >= 0.6 is 45.2 Å². The van der Waals surface area contributed by atoms with E-state index in [2.05, 4.69) is 0 Å². The SMILES string of the molecule is O=Cc1c(I)ccc(I)c1F. The zero-order valence-electron chi connectivity index (χ0n) is 5.27. The van der Waals surface area contributed by atoms with Crippen molar-refractivity contribution in [3.63, 3.8) is 0 Å². The Labute approximate surface area is 90.6 Å². The summed E-state index contributed by atoms with van der Waals surface area (Å²) in [5, 5.41) is 0. The van der Waals surface area contributed by atoms with Gasteiger partial charge < -0.3 is 0 Å². The van der Waals surface area contributed by atoms with E-state index in [-0.39, 0.29) is 5.56 Å². The van der Waals surface area contributed by atoms with Gasteiger partial charge in [0.25, 0.3) is 0 Å². The molecule has 0 aliphatic heterocycles. The zero-order valence-corrected chi connectivity index (χ0v) is 9.59. The van der Waals surface area contributed by atoms with Gasteiger partial charge in [-0.3, -0.25) is 4.79 Å². The number of carbonyl (C=O) groups is 1. The molecule has 0 amide bonds. The second kappa shape index (κ2) is 3.79. The predicted octanol–water partition coefficient (Wildman–Crippen LogP) is 2.85. The van der Waals surface area contributed by atoms with Crippen molar-refractivity contribution < 1.29 is 9.18 Å². The van der Waals surface area contributed by atoms with E-state index in [1.54, 1.807) is 12.1 Å². The largest absolute Gasteiger partial charge is 0.298 e. The second-order valence-electron chi connectivity index (χ2n) is 1.87.